The van der Waals surface area contributed by atoms with Gasteiger partial charge in [-0.15, -0.1) is 0 Å². The van der Waals surface area contributed by atoms with Crippen LogP contribution in [-0.2, 0) is 23.8 Å². The molecule has 5 N–H and O–H groups in total. The van der Waals surface area contributed by atoms with Gasteiger partial charge in [-0.25, -0.2) is 0 Å². The van der Waals surface area contributed by atoms with Crippen LogP contribution in [0.15, 0.2) is 42.2 Å². The molecule has 1 amide bonds. The van der Waals surface area contributed by atoms with E-state index in [1.54, 1.807) is 84.8 Å². The average Bonchev–Trinajstić information content (AvgIpc) is 3.35. The maximum atomic E-state index is 14.2. The molecule has 2 aromatic rings. The van der Waals surface area contributed by atoms with Crippen LogP contribution in [0.5, 0.6) is 17.2 Å². The fourth-order valence-electron chi connectivity index (χ4n) is 7.00. The molecule has 0 aliphatic carbocycles. The predicted octanol–water partition coefficient (Wildman–Crippen LogP) is 5.11. The molecule has 52 heavy (non-hydrogen) atoms. The standard InChI is InChI=1S/C39H52N2O11/c1-18-13-12-14-19(2)38(48)40-25-17-26(41(9)10)28-29(34(25)46)33(45)23(6)36-30(28)37(47)39(8,52-36)50-16-15-27(49-11)20(3)35(51-24(7)42)22(5)32(44)21(4)31(18)43/h12-18,20-22,27,31-32,35,43-46H,1-11H3,(H,40,48)/b13-12+,16-15+,19-14-/t18-,20-,21-,22-,27+,31-,32+,35-,39+/m1/s1. The van der Waals surface area contributed by atoms with Gasteiger partial charge in [-0.2, -0.15) is 0 Å². The maximum Gasteiger partial charge on any atom is 0.312 e. The summed E-state index contributed by atoms with van der Waals surface area (Å²) in [4.78, 5) is 41.5. The molecule has 0 radical (unpaired) electrons. The van der Waals surface area contributed by atoms with Crippen molar-refractivity contribution in [3.05, 3.63) is 53.3 Å². The number of ether oxygens (including phenoxy) is 4. The van der Waals surface area contributed by atoms with Crippen molar-refractivity contribution in [2.45, 2.75) is 85.6 Å². The molecule has 0 saturated heterocycles. The van der Waals surface area contributed by atoms with E-state index >= 15 is 0 Å². The molecule has 5 bridgehead atoms. The van der Waals surface area contributed by atoms with Gasteiger partial charge in [0, 0.05) is 80.9 Å². The van der Waals surface area contributed by atoms with Crippen molar-refractivity contribution < 1.29 is 53.8 Å². The predicted molar refractivity (Wildman–Crippen MR) is 196 cm³/mol. The van der Waals surface area contributed by atoms with Gasteiger partial charge in [0.25, 0.3) is 11.7 Å². The second-order valence-electron chi connectivity index (χ2n) is 14.3. The molecule has 9 atom stereocenters. The van der Waals surface area contributed by atoms with Gasteiger partial charge >= 0.3 is 11.8 Å². The lowest BCUT2D eigenvalue weighted by atomic mass is 9.78. The maximum absolute atomic E-state index is 14.2. The lowest BCUT2D eigenvalue weighted by Crippen LogP contribution is -2.46. The summed E-state index contributed by atoms with van der Waals surface area (Å²) in [6.07, 6.45) is 3.97. The first-order valence-corrected chi connectivity index (χ1v) is 17.3. The smallest absolute Gasteiger partial charge is 0.312 e. The lowest BCUT2D eigenvalue weighted by Gasteiger charge is -2.38. The third-order valence-electron chi connectivity index (χ3n) is 10.3. The lowest BCUT2D eigenvalue weighted by molar-refractivity contribution is -0.160. The highest BCUT2D eigenvalue weighted by Gasteiger charge is 2.49. The molecule has 0 aromatic heterocycles. The summed E-state index contributed by atoms with van der Waals surface area (Å²) in [7, 11) is 4.90. The highest BCUT2D eigenvalue weighted by molar-refractivity contribution is 6.23. The number of phenolic OH excluding ortho intramolecular Hbond substituents is 2. The van der Waals surface area contributed by atoms with Crippen LogP contribution >= 0.6 is 0 Å². The van der Waals surface area contributed by atoms with E-state index in [0.717, 1.165) is 0 Å². The number of ketones is 1. The van der Waals surface area contributed by atoms with Crippen LogP contribution in [0.4, 0.5) is 11.4 Å². The van der Waals surface area contributed by atoms with Crippen LogP contribution in [0.25, 0.3) is 10.8 Å². The summed E-state index contributed by atoms with van der Waals surface area (Å²) in [5.74, 6) is -6.62. The van der Waals surface area contributed by atoms with Crippen molar-refractivity contribution in [2.24, 2.45) is 23.7 Å². The number of esters is 1. The summed E-state index contributed by atoms with van der Waals surface area (Å²) in [6.45, 7) is 12.8. The van der Waals surface area contributed by atoms with E-state index < -0.39 is 77.3 Å². The second-order valence-corrected chi connectivity index (χ2v) is 14.3. The topological polar surface area (TPSA) is 184 Å². The third kappa shape index (κ3) is 7.48. The number of aromatic hydroxyl groups is 2. The van der Waals surface area contributed by atoms with Crippen molar-refractivity contribution in [1.29, 1.82) is 0 Å². The molecule has 284 valence electrons. The number of Topliss-reactive ketones (excluding diaryl/α,β-unsaturated/α-hetero) is 1. The Balaban J connectivity index is 1.92. The molecule has 3 heterocycles. The number of carbonyl (C=O) groups excluding carboxylic acids is 3. The van der Waals surface area contributed by atoms with Gasteiger partial charge in [-0.3, -0.25) is 14.4 Å². The van der Waals surface area contributed by atoms with Gasteiger partial charge in [0.15, 0.2) is 5.75 Å². The molecule has 13 heteroatoms. The van der Waals surface area contributed by atoms with Crippen LogP contribution in [-0.4, -0.2) is 89.5 Å². The number of hydrogen-bond donors (Lipinski definition) is 5. The normalized spacial score (nSPS) is 32.4. The highest BCUT2D eigenvalue weighted by atomic mass is 16.7. The molecule has 5 rings (SSSR count). The number of amides is 1. The number of allylic oxidation sites excluding steroid dienone is 2. The fourth-order valence-corrected chi connectivity index (χ4v) is 7.00. The summed E-state index contributed by atoms with van der Waals surface area (Å²) < 4.78 is 23.6. The molecule has 13 nitrogen and oxygen atoms in total. The highest BCUT2D eigenvalue weighted by Crippen LogP contribution is 2.53. The van der Waals surface area contributed by atoms with Gasteiger partial charge in [-0.1, -0.05) is 45.9 Å². The molecular weight excluding hydrogens is 672 g/mol. The van der Waals surface area contributed by atoms with Crippen LogP contribution in [0.3, 0.4) is 0 Å². The molecule has 3 aliphatic rings. The summed E-state index contributed by atoms with van der Waals surface area (Å²) in [5, 5.41) is 48.5. The minimum atomic E-state index is -1.90. The van der Waals surface area contributed by atoms with Gasteiger partial charge in [0.1, 0.15) is 17.6 Å². The number of fused-ring (bicyclic) bond motifs is 14. The Labute approximate surface area is 304 Å². The minimum Gasteiger partial charge on any atom is -0.507 e. The van der Waals surface area contributed by atoms with Crippen molar-refractivity contribution in [1.82, 2.24) is 0 Å². The Kier molecular flexibility index (Phi) is 12.0. The molecule has 0 unspecified atom stereocenters. The zero-order valence-corrected chi connectivity index (χ0v) is 31.7. The zero-order chi connectivity index (χ0) is 39.0. The molecule has 2 aromatic carbocycles. The van der Waals surface area contributed by atoms with Crippen molar-refractivity contribution >= 4 is 39.8 Å². The monoisotopic (exact) mass is 724 g/mol. The average molecular weight is 725 g/mol. The first-order valence-electron chi connectivity index (χ1n) is 17.3. The number of nitrogens with one attached hydrogen (secondary N) is 1. The number of aliphatic hydroxyl groups is 2. The van der Waals surface area contributed by atoms with E-state index in [4.69, 9.17) is 18.9 Å². The number of benzene rings is 2. The van der Waals surface area contributed by atoms with Crippen LogP contribution in [0, 0.1) is 30.6 Å². The largest absolute Gasteiger partial charge is 0.507 e. The van der Waals surface area contributed by atoms with Crippen molar-refractivity contribution in [3.8, 4) is 17.2 Å². The van der Waals surface area contributed by atoms with E-state index in [0.29, 0.717) is 5.69 Å². The van der Waals surface area contributed by atoms with E-state index in [1.165, 1.54) is 33.3 Å². The Bertz CT molecular complexity index is 1820. The molecule has 0 spiro atoms. The van der Waals surface area contributed by atoms with Crippen LogP contribution in [0.2, 0.25) is 0 Å². The Morgan fingerprint density at radius 1 is 0.962 bits per heavy atom. The Hall–Kier alpha value is -4.59. The van der Waals surface area contributed by atoms with E-state index in [1.807, 2.05) is 0 Å². The number of carbonyl (C=O) groups is 3. The van der Waals surface area contributed by atoms with Gasteiger partial charge in [0.2, 0.25) is 0 Å². The van der Waals surface area contributed by atoms with Crippen molar-refractivity contribution in [3.63, 3.8) is 0 Å². The number of phenols is 2. The number of hydrogen-bond acceptors (Lipinski definition) is 12. The Morgan fingerprint density at radius 2 is 1.62 bits per heavy atom. The first kappa shape index (κ1) is 40.2. The van der Waals surface area contributed by atoms with Crippen LogP contribution in [0.1, 0.15) is 64.4 Å². The first-order chi connectivity index (χ1) is 24.3. The van der Waals surface area contributed by atoms with E-state index in [-0.39, 0.29) is 44.7 Å². The van der Waals surface area contributed by atoms with Gasteiger partial charge < -0.3 is 49.6 Å². The number of aliphatic hydroxyl groups excluding tert-OH is 2. The molecule has 0 saturated carbocycles. The zero-order valence-electron chi connectivity index (χ0n) is 31.7. The fraction of sp³-hybridized carbons (Fsp3) is 0.513. The number of anilines is 2. The number of rotatable bonds is 3. The van der Waals surface area contributed by atoms with E-state index in [2.05, 4.69) is 5.32 Å². The number of nitrogens with zero attached hydrogens (tertiary/aromatic N) is 1. The Morgan fingerprint density at radius 3 is 2.21 bits per heavy atom. The SMILES string of the molecule is CO[C@H]1/C=C/O[C@@]2(C)Oc3c(C)c(O)c4c(O)c(cc(N(C)C)c4c3C2=O)NC(=O)/C(C)=C\C=C\[C@@H](C)[C@@H](O)[C@@H](C)[C@H](O)[C@@H](C)[C@H](OC(C)=O)[C@@H]1C. The summed E-state index contributed by atoms with van der Waals surface area (Å²) in [6, 6.07) is 1.51. The molecular formula is C39H52N2O11. The van der Waals surface area contributed by atoms with Gasteiger partial charge in [0.05, 0.1) is 41.2 Å². The van der Waals surface area contributed by atoms with Crippen molar-refractivity contribution in [2.75, 3.05) is 31.4 Å². The second kappa shape index (κ2) is 15.6. The minimum absolute atomic E-state index is 0.00264. The summed E-state index contributed by atoms with van der Waals surface area (Å²) >= 11 is 0. The van der Waals surface area contributed by atoms with Crippen LogP contribution < -0.4 is 15.0 Å². The quantitative estimate of drug-likeness (QED) is 0.209. The summed E-state index contributed by atoms with van der Waals surface area (Å²) in [5.41, 5.74) is 0.926. The third-order valence-corrected chi connectivity index (χ3v) is 10.3. The van der Waals surface area contributed by atoms with E-state index in [9.17, 15) is 34.8 Å². The molecule has 3 aliphatic heterocycles. The molecule has 0 fully saturated rings. The number of methoxy groups -OCH3 is 1. The van der Waals surface area contributed by atoms with Gasteiger partial charge in [-0.05, 0) is 26.0 Å².